The fourth-order valence-corrected chi connectivity index (χ4v) is 5.66. The highest BCUT2D eigenvalue weighted by Crippen LogP contribution is 2.43. The highest BCUT2D eigenvalue weighted by molar-refractivity contribution is 6.33. The molecule has 3 N–H and O–H groups in total. The van der Waals surface area contributed by atoms with Gasteiger partial charge in [0.25, 0.3) is 5.91 Å². The first-order valence-electron chi connectivity index (χ1n) is 13.7. The molecule has 1 heterocycles. The van der Waals surface area contributed by atoms with Gasteiger partial charge in [-0.05, 0) is 66.1 Å². The van der Waals surface area contributed by atoms with Gasteiger partial charge in [-0.15, -0.1) is 0 Å². The van der Waals surface area contributed by atoms with Crippen molar-refractivity contribution < 1.29 is 19.4 Å². The fraction of sp³-hybridized carbons (Fsp3) is 0.406. The molecule has 1 fully saturated rings. The molecule has 0 bridgehead atoms. The van der Waals surface area contributed by atoms with Crippen LogP contribution in [0.25, 0.3) is 11.1 Å². The Morgan fingerprint density at radius 2 is 1.90 bits per heavy atom. The SMILES string of the molecule is CCc1cccc(-c2c(Cl)cccc2[C@](O)(CCCCOC)[C@H]2CN(C(=O)c3cccc(CN)c3)CCO2)c1. The minimum absolute atomic E-state index is 0.0951. The van der Waals surface area contributed by atoms with Gasteiger partial charge in [0, 0.05) is 43.0 Å². The van der Waals surface area contributed by atoms with Crippen molar-refractivity contribution in [2.24, 2.45) is 5.73 Å². The van der Waals surface area contributed by atoms with E-state index in [1.165, 1.54) is 5.56 Å². The minimum atomic E-state index is -1.38. The first-order chi connectivity index (χ1) is 18.9. The Balaban J connectivity index is 1.72. The van der Waals surface area contributed by atoms with E-state index in [0.717, 1.165) is 36.0 Å². The molecule has 39 heavy (non-hydrogen) atoms. The van der Waals surface area contributed by atoms with Crippen LogP contribution in [0.1, 0.15) is 53.2 Å². The van der Waals surface area contributed by atoms with Gasteiger partial charge in [-0.1, -0.05) is 67.1 Å². The molecule has 0 aromatic heterocycles. The number of rotatable bonds is 11. The number of amides is 1. The number of hydrogen-bond acceptors (Lipinski definition) is 5. The summed E-state index contributed by atoms with van der Waals surface area (Å²) in [4.78, 5) is 15.3. The molecule has 0 aliphatic carbocycles. The van der Waals surface area contributed by atoms with Crippen LogP contribution in [0.4, 0.5) is 0 Å². The lowest BCUT2D eigenvalue weighted by Crippen LogP contribution is -2.54. The maximum absolute atomic E-state index is 13.5. The molecule has 0 saturated carbocycles. The van der Waals surface area contributed by atoms with Crippen molar-refractivity contribution >= 4 is 17.5 Å². The van der Waals surface area contributed by atoms with Crippen molar-refractivity contribution in [2.45, 2.75) is 50.9 Å². The van der Waals surface area contributed by atoms with Crippen LogP contribution in [0.15, 0.2) is 66.7 Å². The summed E-state index contributed by atoms with van der Waals surface area (Å²) in [6, 6.07) is 21.3. The van der Waals surface area contributed by atoms with Gasteiger partial charge in [0.1, 0.15) is 11.7 Å². The van der Waals surface area contributed by atoms with E-state index in [-0.39, 0.29) is 12.5 Å². The van der Waals surface area contributed by atoms with E-state index < -0.39 is 11.7 Å². The lowest BCUT2D eigenvalue weighted by molar-refractivity contribution is -0.146. The molecule has 3 aromatic rings. The smallest absolute Gasteiger partial charge is 0.254 e. The molecule has 1 amide bonds. The first-order valence-corrected chi connectivity index (χ1v) is 14.1. The molecule has 6 nitrogen and oxygen atoms in total. The van der Waals surface area contributed by atoms with Crippen molar-refractivity contribution in [2.75, 3.05) is 33.4 Å². The van der Waals surface area contributed by atoms with Gasteiger partial charge < -0.3 is 25.2 Å². The van der Waals surface area contributed by atoms with Crippen LogP contribution >= 0.6 is 11.6 Å². The van der Waals surface area contributed by atoms with Crippen molar-refractivity contribution in [3.63, 3.8) is 0 Å². The van der Waals surface area contributed by atoms with Gasteiger partial charge in [-0.3, -0.25) is 4.79 Å². The van der Waals surface area contributed by atoms with Crippen LogP contribution in [0.2, 0.25) is 5.02 Å². The Bertz CT molecular complexity index is 1270. The van der Waals surface area contributed by atoms with E-state index in [4.69, 9.17) is 26.8 Å². The third-order valence-electron chi connectivity index (χ3n) is 7.56. The fourth-order valence-electron chi connectivity index (χ4n) is 5.37. The number of morpholine rings is 1. The molecule has 1 aliphatic rings. The summed E-state index contributed by atoms with van der Waals surface area (Å²) >= 11 is 6.83. The molecule has 2 atom stereocenters. The molecule has 1 aliphatic heterocycles. The van der Waals surface area contributed by atoms with E-state index in [2.05, 4.69) is 19.1 Å². The quantitative estimate of drug-likeness (QED) is 0.305. The molecule has 7 heteroatoms. The highest BCUT2D eigenvalue weighted by atomic mass is 35.5. The first kappa shape index (κ1) is 29.2. The third kappa shape index (κ3) is 6.71. The molecular weight excluding hydrogens is 512 g/mol. The van der Waals surface area contributed by atoms with Crippen molar-refractivity contribution in [1.29, 1.82) is 0 Å². The van der Waals surface area contributed by atoms with E-state index in [1.807, 2.05) is 48.5 Å². The van der Waals surface area contributed by atoms with Gasteiger partial charge in [-0.25, -0.2) is 0 Å². The number of aliphatic hydroxyl groups is 1. The van der Waals surface area contributed by atoms with Crippen molar-refractivity contribution in [3.05, 3.63) is 94.0 Å². The maximum atomic E-state index is 13.5. The Hall–Kier alpha value is -2.74. The number of aryl methyl sites for hydroxylation is 1. The second kappa shape index (κ2) is 13.6. The molecule has 3 aromatic carbocycles. The van der Waals surface area contributed by atoms with Crippen LogP contribution in [-0.2, 0) is 28.0 Å². The van der Waals surface area contributed by atoms with E-state index in [0.29, 0.717) is 48.9 Å². The van der Waals surface area contributed by atoms with Crippen LogP contribution in [-0.4, -0.2) is 55.4 Å². The predicted molar refractivity (Wildman–Crippen MR) is 156 cm³/mol. The van der Waals surface area contributed by atoms with Crippen LogP contribution in [0.5, 0.6) is 0 Å². The summed E-state index contributed by atoms with van der Waals surface area (Å²) in [5, 5.41) is 13.1. The zero-order valence-electron chi connectivity index (χ0n) is 22.9. The summed E-state index contributed by atoms with van der Waals surface area (Å²) in [7, 11) is 1.68. The topological polar surface area (TPSA) is 85.0 Å². The third-order valence-corrected chi connectivity index (χ3v) is 7.87. The second-order valence-electron chi connectivity index (χ2n) is 10.1. The molecule has 0 unspecified atom stereocenters. The van der Waals surface area contributed by atoms with Gasteiger partial charge in [0.05, 0.1) is 13.2 Å². The minimum Gasteiger partial charge on any atom is -0.385 e. The van der Waals surface area contributed by atoms with Crippen LogP contribution in [0, 0.1) is 0 Å². The van der Waals surface area contributed by atoms with E-state index in [9.17, 15) is 9.90 Å². The number of methoxy groups -OCH3 is 1. The molecule has 208 valence electrons. The molecule has 4 rings (SSSR count). The number of carbonyl (C=O) groups excluding carboxylic acids is 1. The second-order valence-corrected chi connectivity index (χ2v) is 10.5. The number of hydrogen-bond donors (Lipinski definition) is 2. The Morgan fingerprint density at radius 3 is 2.67 bits per heavy atom. The number of halogens is 1. The van der Waals surface area contributed by atoms with E-state index >= 15 is 0 Å². The zero-order valence-corrected chi connectivity index (χ0v) is 23.6. The monoisotopic (exact) mass is 550 g/mol. The number of unbranched alkanes of at least 4 members (excludes halogenated alkanes) is 1. The summed E-state index contributed by atoms with van der Waals surface area (Å²) in [5.74, 6) is -0.0951. The van der Waals surface area contributed by atoms with Crippen molar-refractivity contribution in [3.8, 4) is 11.1 Å². The zero-order chi connectivity index (χ0) is 27.8. The summed E-state index contributed by atoms with van der Waals surface area (Å²) < 4.78 is 11.5. The Labute approximate surface area is 236 Å². The number of nitrogens with zero attached hydrogens (tertiary/aromatic N) is 1. The van der Waals surface area contributed by atoms with Gasteiger partial charge in [-0.2, -0.15) is 0 Å². The van der Waals surface area contributed by atoms with Crippen LogP contribution in [0.3, 0.4) is 0 Å². The van der Waals surface area contributed by atoms with Gasteiger partial charge in [0.2, 0.25) is 0 Å². The van der Waals surface area contributed by atoms with E-state index in [1.54, 1.807) is 18.1 Å². The Morgan fingerprint density at radius 1 is 1.13 bits per heavy atom. The standard InChI is InChI=1S/C32H39ClN2O4/c1-3-23-9-6-11-25(19-23)30-27(13-8-14-28(30)33)32(37,15-4-5-17-38-2)29-22-35(16-18-39-29)31(36)26-12-7-10-24(20-26)21-34/h6-14,19-20,29,37H,3-5,15-18,21-22,34H2,1-2H3/t29-,32-/m1/s1. The number of nitrogens with two attached hydrogens (primary N) is 1. The predicted octanol–water partition coefficient (Wildman–Crippen LogP) is 5.57. The largest absolute Gasteiger partial charge is 0.385 e. The molecule has 0 radical (unpaired) electrons. The van der Waals surface area contributed by atoms with Gasteiger partial charge in [0.15, 0.2) is 0 Å². The maximum Gasteiger partial charge on any atom is 0.254 e. The molecule has 1 saturated heterocycles. The number of benzene rings is 3. The molecule has 0 spiro atoms. The van der Waals surface area contributed by atoms with Crippen molar-refractivity contribution in [1.82, 2.24) is 4.90 Å². The summed E-state index contributed by atoms with van der Waals surface area (Å²) in [6.07, 6.45) is 2.20. The highest BCUT2D eigenvalue weighted by Gasteiger charge is 2.44. The lowest BCUT2D eigenvalue weighted by Gasteiger charge is -2.43. The average Bonchev–Trinajstić information content (AvgIpc) is 2.98. The molecular formula is C32H39ClN2O4. The lowest BCUT2D eigenvalue weighted by atomic mass is 9.78. The Kier molecular flexibility index (Phi) is 10.2. The number of ether oxygens (including phenoxy) is 2. The average molecular weight is 551 g/mol. The van der Waals surface area contributed by atoms with Crippen LogP contribution < -0.4 is 5.73 Å². The number of carbonyl (C=O) groups is 1. The normalized spacial score (nSPS) is 17.2. The van der Waals surface area contributed by atoms with Gasteiger partial charge >= 0.3 is 0 Å². The summed E-state index contributed by atoms with van der Waals surface area (Å²) in [6.45, 7) is 4.11. The summed E-state index contributed by atoms with van der Waals surface area (Å²) in [5.41, 5.74) is 9.56.